The maximum atomic E-state index is 11.9. The number of rotatable bonds is 8. The minimum absolute atomic E-state index is 0.0755. The highest BCUT2D eigenvalue weighted by molar-refractivity contribution is 5.98. The first-order valence-electron chi connectivity index (χ1n) is 8.74. The minimum atomic E-state index is -0.776. The second-order valence-corrected chi connectivity index (χ2v) is 6.80. The molecular formula is C20H26O6. The molecule has 6 nitrogen and oxygen atoms in total. The first-order valence-corrected chi connectivity index (χ1v) is 8.74. The van der Waals surface area contributed by atoms with Crippen LogP contribution in [0, 0.1) is 12.8 Å². The number of carboxylic acids is 1. The molecule has 0 unspecified atom stereocenters. The summed E-state index contributed by atoms with van der Waals surface area (Å²) in [7, 11) is 1.54. The average molecular weight is 362 g/mol. The van der Waals surface area contributed by atoms with E-state index in [1.807, 2.05) is 19.9 Å². The van der Waals surface area contributed by atoms with Crippen LogP contribution in [-0.4, -0.2) is 29.3 Å². The van der Waals surface area contributed by atoms with Crippen molar-refractivity contribution in [3.63, 3.8) is 0 Å². The Morgan fingerprint density at radius 2 is 2.12 bits per heavy atom. The van der Waals surface area contributed by atoms with Crippen LogP contribution in [-0.2, 0) is 22.6 Å². The highest BCUT2D eigenvalue weighted by atomic mass is 16.5. The molecule has 0 fully saturated rings. The zero-order valence-electron chi connectivity index (χ0n) is 15.7. The van der Waals surface area contributed by atoms with Crippen molar-refractivity contribution in [1.29, 1.82) is 0 Å². The number of aromatic hydroxyl groups is 1. The number of phenolic OH excluding ortho intramolecular Hbond substituents is 1. The van der Waals surface area contributed by atoms with E-state index in [1.54, 1.807) is 14.0 Å². The van der Waals surface area contributed by atoms with Crippen LogP contribution in [0.15, 0.2) is 11.6 Å². The monoisotopic (exact) mass is 362 g/mol. The molecule has 2 rings (SSSR count). The number of benzene rings is 1. The van der Waals surface area contributed by atoms with Gasteiger partial charge in [0.1, 0.15) is 23.7 Å². The molecule has 1 atom stereocenters. The third-order valence-electron chi connectivity index (χ3n) is 4.93. The Hall–Kier alpha value is -2.50. The molecule has 1 aliphatic heterocycles. The summed E-state index contributed by atoms with van der Waals surface area (Å²) in [6, 6.07) is 0. The fraction of sp³-hybridized carbons (Fsp3) is 0.500. The molecule has 0 aliphatic carbocycles. The molecule has 0 bridgehead atoms. The molecular weight excluding hydrogens is 336 g/mol. The second-order valence-electron chi connectivity index (χ2n) is 6.80. The van der Waals surface area contributed by atoms with Gasteiger partial charge in [0.15, 0.2) is 0 Å². The number of fused-ring (bicyclic) bond motifs is 1. The topological polar surface area (TPSA) is 93.1 Å². The molecule has 1 aromatic rings. The molecule has 26 heavy (non-hydrogen) atoms. The third kappa shape index (κ3) is 4.00. The molecule has 0 saturated carbocycles. The lowest BCUT2D eigenvalue weighted by molar-refractivity contribution is -0.141. The standard InChI is InChI=1S/C20H26O6/c1-11(6-5-7-12(2)19(22)23)8-9-14-17(21)16-15(10-26-20(16)24)13(3)18(14)25-4/h8,12,21H,5-7,9-10H2,1-4H3,(H,22,23)/t12-/m1/s1. The van der Waals surface area contributed by atoms with Crippen LogP contribution < -0.4 is 4.74 Å². The number of ether oxygens (including phenoxy) is 2. The van der Waals surface area contributed by atoms with Gasteiger partial charge in [-0.3, -0.25) is 4.79 Å². The van der Waals surface area contributed by atoms with Gasteiger partial charge in [0.2, 0.25) is 0 Å². The zero-order chi connectivity index (χ0) is 19.4. The highest BCUT2D eigenvalue weighted by Gasteiger charge is 2.31. The maximum Gasteiger partial charge on any atom is 0.342 e. The predicted molar refractivity (Wildman–Crippen MR) is 96.6 cm³/mol. The molecule has 2 N–H and O–H groups in total. The quantitative estimate of drug-likeness (QED) is 0.540. The smallest absolute Gasteiger partial charge is 0.342 e. The van der Waals surface area contributed by atoms with Gasteiger partial charge in [-0.15, -0.1) is 0 Å². The number of aliphatic carboxylic acids is 1. The molecule has 0 spiro atoms. The summed E-state index contributed by atoms with van der Waals surface area (Å²) < 4.78 is 10.5. The lowest BCUT2D eigenvalue weighted by Crippen LogP contribution is -2.08. The van der Waals surface area contributed by atoms with Crippen LogP contribution in [0.3, 0.4) is 0 Å². The SMILES string of the molecule is COc1c(C)c2c(c(O)c1CC=C(C)CCC[C@@H](C)C(=O)O)C(=O)OC2. The van der Waals surface area contributed by atoms with Crippen molar-refractivity contribution in [3.8, 4) is 11.5 Å². The summed E-state index contributed by atoms with van der Waals surface area (Å²) in [5.41, 5.74) is 3.39. The van der Waals surface area contributed by atoms with E-state index < -0.39 is 11.9 Å². The predicted octanol–water partition coefficient (Wildman–Crippen LogP) is 3.76. The molecule has 1 aromatic carbocycles. The van der Waals surface area contributed by atoms with Crippen molar-refractivity contribution >= 4 is 11.9 Å². The highest BCUT2D eigenvalue weighted by Crippen LogP contribution is 2.42. The van der Waals surface area contributed by atoms with Gasteiger partial charge in [0.25, 0.3) is 0 Å². The normalized spacial score (nSPS) is 14.8. The summed E-state index contributed by atoms with van der Waals surface area (Å²) in [5.74, 6) is -1.14. The van der Waals surface area contributed by atoms with E-state index in [1.165, 1.54) is 0 Å². The molecule has 0 radical (unpaired) electrons. The number of hydrogen-bond acceptors (Lipinski definition) is 5. The number of phenols is 1. The summed E-state index contributed by atoms with van der Waals surface area (Å²) in [5, 5.41) is 19.5. The van der Waals surface area contributed by atoms with E-state index >= 15 is 0 Å². The van der Waals surface area contributed by atoms with Gasteiger partial charge in [0, 0.05) is 11.1 Å². The van der Waals surface area contributed by atoms with Crippen molar-refractivity contribution in [2.45, 2.75) is 53.1 Å². The molecule has 6 heteroatoms. The van der Waals surface area contributed by atoms with Crippen molar-refractivity contribution in [2.75, 3.05) is 7.11 Å². The Morgan fingerprint density at radius 1 is 1.42 bits per heavy atom. The van der Waals surface area contributed by atoms with Crippen LogP contribution in [0.5, 0.6) is 11.5 Å². The van der Waals surface area contributed by atoms with E-state index in [4.69, 9.17) is 14.6 Å². The number of methoxy groups -OCH3 is 1. The van der Waals surface area contributed by atoms with E-state index in [0.717, 1.165) is 24.0 Å². The van der Waals surface area contributed by atoms with E-state index in [2.05, 4.69) is 0 Å². The molecule has 0 aromatic heterocycles. The molecule has 142 valence electrons. The summed E-state index contributed by atoms with van der Waals surface area (Å²) in [6.07, 6.45) is 4.60. The molecule has 1 aliphatic rings. The van der Waals surface area contributed by atoms with Crippen LogP contribution in [0.25, 0.3) is 0 Å². The Bertz CT molecular complexity index is 747. The number of carbonyl (C=O) groups is 2. The van der Waals surface area contributed by atoms with Gasteiger partial charge in [-0.25, -0.2) is 4.79 Å². The molecule has 0 saturated heterocycles. The Labute approximate surface area is 153 Å². The maximum absolute atomic E-state index is 11.9. The van der Waals surface area contributed by atoms with E-state index in [-0.39, 0.29) is 23.8 Å². The minimum Gasteiger partial charge on any atom is -0.507 e. The van der Waals surface area contributed by atoms with Gasteiger partial charge in [0.05, 0.1) is 13.0 Å². The van der Waals surface area contributed by atoms with Gasteiger partial charge < -0.3 is 19.7 Å². The van der Waals surface area contributed by atoms with Crippen LogP contribution in [0.1, 0.15) is 60.2 Å². The second kappa shape index (κ2) is 8.25. The molecule has 1 heterocycles. The Balaban J connectivity index is 2.16. The summed E-state index contributed by atoms with van der Waals surface area (Å²) >= 11 is 0. The summed E-state index contributed by atoms with van der Waals surface area (Å²) in [4.78, 5) is 22.8. The number of carbonyl (C=O) groups excluding carboxylic acids is 1. The number of carboxylic acid groups (broad SMARTS) is 1. The number of allylic oxidation sites excluding steroid dienone is 2. The van der Waals surface area contributed by atoms with Crippen molar-refractivity contribution < 1.29 is 29.3 Å². The lowest BCUT2D eigenvalue weighted by atomic mass is 9.94. The first kappa shape index (κ1) is 19.8. The van der Waals surface area contributed by atoms with Gasteiger partial charge in [-0.05, 0) is 45.1 Å². The van der Waals surface area contributed by atoms with Crippen LogP contribution in [0.4, 0.5) is 0 Å². The van der Waals surface area contributed by atoms with Crippen molar-refractivity contribution in [3.05, 3.63) is 33.9 Å². The third-order valence-corrected chi connectivity index (χ3v) is 4.93. The lowest BCUT2D eigenvalue weighted by Gasteiger charge is -2.15. The number of cyclic esters (lactones) is 1. The summed E-state index contributed by atoms with van der Waals surface area (Å²) in [6.45, 7) is 5.69. The van der Waals surface area contributed by atoms with Crippen molar-refractivity contribution in [2.24, 2.45) is 5.92 Å². The largest absolute Gasteiger partial charge is 0.507 e. The number of hydrogen-bond donors (Lipinski definition) is 2. The molecule has 0 amide bonds. The van der Waals surface area contributed by atoms with Gasteiger partial charge >= 0.3 is 11.9 Å². The van der Waals surface area contributed by atoms with Gasteiger partial charge in [-0.1, -0.05) is 18.6 Å². The fourth-order valence-electron chi connectivity index (χ4n) is 3.22. The van der Waals surface area contributed by atoms with Crippen LogP contribution >= 0.6 is 0 Å². The van der Waals surface area contributed by atoms with E-state index in [0.29, 0.717) is 29.7 Å². The number of esters is 1. The zero-order valence-corrected chi connectivity index (χ0v) is 15.7. The Morgan fingerprint density at radius 3 is 2.73 bits per heavy atom. The average Bonchev–Trinajstić information content (AvgIpc) is 2.98. The fourth-order valence-corrected chi connectivity index (χ4v) is 3.22. The first-order chi connectivity index (χ1) is 12.3. The Kier molecular flexibility index (Phi) is 6.29. The van der Waals surface area contributed by atoms with Crippen molar-refractivity contribution in [1.82, 2.24) is 0 Å². The van der Waals surface area contributed by atoms with E-state index in [9.17, 15) is 14.7 Å². The van der Waals surface area contributed by atoms with Gasteiger partial charge in [-0.2, -0.15) is 0 Å². The van der Waals surface area contributed by atoms with Crippen LogP contribution in [0.2, 0.25) is 0 Å².